The van der Waals surface area contributed by atoms with Gasteiger partial charge in [-0.2, -0.15) is 0 Å². The third kappa shape index (κ3) is 9.48. The zero-order valence-corrected chi connectivity index (χ0v) is 8.65. The summed E-state index contributed by atoms with van der Waals surface area (Å²) >= 11 is 0. The van der Waals surface area contributed by atoms with Crippen molar-refractivity contribution in [3.8, 4) is 0 Å². The van der Waals surface area contributed by atoms with Gasteiger partial charge in [-0.15, -0.1) is 0 Å². The molecule has 0 nitrogen and oxygen atoms in total. The maximum Gasteiger partial charge on any atom is -0.0310 e. The highest BCUT2D eigenvalue weighted by Gasteiger charge is 1.86. The average Bonchev–Trinajstić information content (AvgIpc) is 2.13. The lowest BCUT2D eigenvalue weighted by Gasteiger charge is -1.96. The van der Waals surface area contributed by atoms with Crippen LogP contribution in [0.3, 0.4) is 0 Å². The summed E-state index contributed by atoms with van der Waals surface area (Å²) < 4.78 is 0. The zero-order chi connectivity index (χ0) is 9.11. The van der Waals surface area contributed by atoms with Crippen molar-refractivity contribution in [2.24, 2.45) is 0 Å². The highest BCUT2D eigenvalue weighted by molar-refractivity contribution is 5.18. The van der Waals surface area contributed by atoms with Crippen LogP contribution >= 0.6 is 0 Å². The Morgan fingerprint density at radius 3 is 1.73 bits per heavy atom. The maximum absolute atomic E-state index is 2.26. The summed E-state index contributed by atoms with van der Waals surface area (Å²) in [6.45, 7) is 10.1. The van der Waals surface area contributed by atoms with Crippen LogP contribution in [0.25, 0.3) is 0 Å². The Hall–Kier alpha value is -0.520. The van der Waals surface area contributed by atoms with Crippen molar-refractivity contribution in [2.45, 2.75) is 47.5 Å². The number of allylic oxidation sites excluding steroid dienone is 4. The molecule has 0 fully saturated rings. The highest BCUT2D eigenvalue weighted by Crippen LogP contribution is 2.06. The van der Waals surface area contributed by atoms with Crippen LogP contribution in [0.15, 0.2) is 23.8 Å². The van der Waals surface area contributed by atoms with Gasteiger partial charge in [-0.1, -0.05) is 51.5 Å². The van der Waals surface area contributed by atoms with Gasteiger partial charge in [0.25, 0.3) is 0 Å². The molecule has 0 radical (unpaired) electrons. The van der Waals surface area contributed by atoms with Crippen molar-refractivity contribution in [1.29, 1.82) is 0 Å². The molecule has 0 saturated carbocycles. The van der Waals surface area contributed by atoms with Gasteiger partial charge in [-0.25, -0.2) is 0 Å². The Bertz CT molecular complexity index is 107. The average molecular weight is 154 g/mol. The first-order valence-electron chi connectivity index (χ1n) is 4.73. The van der Waals surface area contributed by atoms with E-state index in [0.29, 0.717) is 0 Å². The van der Waals surface area contributed by atoms with Gasteiger partial charge in [-0.05, 0) is 19.8 Å². The molecule has 11 heavy (non-hydrogen) atoms. The predicted octanol–water partition coefficient (Wildman–Crippen LogP) is 4.34. The van der Waals surface area contributed by atoms with Crippen molar-refractivity contribution < 1.29 is 0 Å². The van der Waals surface area contributed by atoms with Crippen molar-refractivity contribution >= 4 is 0 Å². The third-order valence-electron chi connectivity index (χ3n) is 1.18. The number of rotatable bonds is 0. The van der Waals surface area contributed by atoms with Gasteiger partial charge in [0.2, 0.25) is 0 Å². The minimum absolute atomic E-state index is 1.23. The predicted molar refractivity (Wildman–Crippen MR) is 54.8 cm³/mol. The lowest BCUT2D eigenvalue weighted by atomic mass is 10.1. The van der Waals surface area contributed by atoms with E-state index in [0.717, 1.165) is 0 Å². The van der Waals surface area contributed by atoms with Crippen LogP contribution in [0, 0.1) is 0 Å². The standard InChI is InChI=1S/C7H10.2C2H6/c1-7-5-3-2-4-6-7;2*1-2/h3,5-6H,2,4H2,1H3;2*1-2H3. The molecule has 0 aliphatic heterocycles. The largest absolute Gasteiger partial charge is 0.0840 e. The second-order valence-corrected chi connectivity index (χ2v) is 1.93. The van der Waals surface area contributed by atoms with Gasteiger partial charge in [0.05, 0.1) is 0 Å². The van der Waals surface area contributed by atoms with E-state index >= 15 is 0 Å². The Balaban J connectivity index is 0. The molecule has 0 N–H and O–H groups in total. The fourth-order valence-corrected chi connectivity index (χ4v) is 0.744. The fourth-order valence-electron chi connectivity index (χ4n) is 0.744. The lowest BCUT2D eigenvalue weighted by molar-refractivity contribution is 1.02. The molecule has 66 valence electrons. The van der Waals surface area contributed by atoms with E-state index in [-0.39, 0.29) is 0 Å². The van der Waals surface area contributed by atoms with E-state index in [1.807, 2.05) is 27.7 Å². The highest BCUT2D eigenvalue weighted by atomic mass is 13.9. The van der Waals surface area contributed by atoms with Gasteiger partial charge in [0.1, 0.15) is 0 Å². The molecule has 0 amide bonds. The molecule has 1 rings (SSSR count). The van der Waals surface area contributed by atoms with E-state index in [1.165, 1.54) is 18.4 Å². The smallest absolute Gasteiger partial charge is 0.0310 e. The van der Waals surface area contributed by atoms with Crippen LogP contribution in [0.1, 0.15) is 47.5 Å². The lowest BCUT2D eigenvalue weighted by Crippen LogP contribution is -1.76. The summed E-state index contributed by atoms with van der Waals surface area (Å²) in [6.07, 6.45) is 9.12. The molecular weight excluding hydrogens is 132 g/mol. The minimum atomic E-state index is 1.23. The maximum atomic E-state index is 2.26. The molecule has 0 aromatic rings. The Morgan fingerprint density at radius 2 is 1.55 bits per heavy atom. The Kier molecular flexibility index (Phi) is 14.5. The Labute approximate surface area is 72.0 Å². The summed E-state index contributed by atoms with van der Waals surface area (Å²) in [4.78, 5) is 0. The molecule has 0 heteroatoms. The number of hydrogen-bond acceptors (Lipinski definition) is 0. The molecule has 0 bridgehead atoms. The first-order valence-corrected chi connectivity index (χ1v) is 4.73. The molecule has 0 heterocycles. The summed E-state index contributed by atoms with van der Waals surface area (Å²) in [5, 5.41) is 0. The van der Waals surface area contributed by atoms with E-state index < -0.39 is 0 Å². The van der Waals surface area contributed by atoms with Gasteiger partial charge >= 0.3 is 0 Å². The molecule has 0 saturated heterocycles. The van der Waals surface area contributed by atoms with Crippen molar-refractivity contribution in [2.75, 3.05) is 0 Å². The molecule has 1 aliphatic carbocycles. The molecule has 0 atom stereocenters. The van der Waals surface area contributed by atoms with E-state index in [1.54, 1.807) is 0 Å². The fraction of sp³-hybridized carbons (Fsp3) is 0.636. The second-order valence-electron chi connectivity index (χ2n) is 1.93. The molecule has 0 spiro atoms. The van der Waals surface area contributed by atoms with Crippen LogP contribution in [0.5, 0.6) is 0 Å². The summed E-state index contributed by atoms with van der Waals surface area (Å²) in [5.74, 6) is 0. The topological polar surface area (TPSA) is 0 Å². The van der Waals surface area contributed by atoms with Crippen LogP contribution < -0.4 is 0 Å². The van der Waals surface area contributed by atoms with Gasteiger partial charge in [0.15, 0.2) is 0 Å². The van der Waals surface area contributed by atoms with Crippen LogP contribution in [-0.2, 0) is 0 Å². The number of hydrogen-bond donors (Lipinski definition) is 0. The van der Waals surface area contributed by atoms with Crippen molar-refractivity contribution in [1.82, 2.24) is 0 Å². The zero-order valence-electron chi connectivity index (χ0n) is 8.65. The molecule has 1 aliphatic rings. The van der Waals surface area contributed by atoms with Crippen molar-refractivity contribution in [3.05, 3.63) is 23.8 Å². The SMILES string of the molecule is CC.CC.CC1=CCCC=C1. The van der Waals surface area contributed by atoms with Gasteiger partial charge in [0, 0.05) is 0 Å². The molecule has 0 aromatic carbocycles. The van der Waals surface area contributed by atoms with Crippen LogP contribution in [0.4, 0.5) is 0 Å². The molecule has 0 aromatic heterocycles. The van der Waals surface area contributed by atoms with E-state index in [9.17, 15) is 0 Å². The second kappa shape index (κ2) is 12.2. The first kappa shape index (κ1) is 13.1. The van der Waals surface area contributed by atoms with E-state index in [4.69, 9.17) is 0 Å². The molecular formula is C11H22. The minimum Gasteiger partial charge on any atom is -0.0840 e. The van der Waals surface area contributed by atoms with Gasteiger partial charge < -0.3 is 0 Å². The van der Waals surface area contributed by atoms with Gasteiger partial charge in [-0.3, -0.25) is 0 Å². The first-order chi connectivity index (χ1) is 5.39. The molecule has 0 unspecified atom stereocenters. The third-order valence-corrected chi connectivity index (χ3v) is 1.18. The summed E-state index contributed by atoms with van der Waals surface area (Å²) in [7, 11) is 0. The summed E-state index contributed by atoms with van der Waals surface area (Å²) in [6, 6.07) is 0. The van der Waals surface area contributed by atoms with E-state index in [2.05, 4.69) is 25.2 Å². The van der Waals surface area contributed by atoms with Crippen LogP contribution in [0.2, 0.25) is 0 Å². The Morgan fingerprint density at radius 1 is 1.00 bits per heavy atom. The summed E-state index contributed by atoms with van der Waals surface area (Å²) in [5.41, 5.74) is 1.41. The normalized spacial score (nSPS) is 13.4. The van der Waals surface area contributed by atoms with Crippen LogP contribution in [-0.4, -0.2) is 0 Å². The van der Waals surface area contributed by atoms with Crippen molar-refractivity contribution in [3.63, 3.8) is 0 Å². The quantitative estimate of drug-likeness (QED) is 0.487. The monoisotopic (exact) mass is 154 g/mol.